The van der Waals surface area contributed by atoms with E-state index >= 15 is 0 Å². The Kier molecular flexibility index (Phi) is 5.49. The zero-order valence-corrected chi connectivity index (χ0v) is 9.52. The fraction of sp³-hybridized carbons (Fsp3) is 0.700. The molecule has 2 N–H and O–H groups in total. The zero-order valence-electron chi connectivity index (χ0n) is 9.52. The molecule has 1 heterocycles. The molecule has 0 saturated carbocycles. The van der Waals surface area contributed by atoms with E-state index in [9.17, 15) is 4.79 Å². The Labute approximate surface area is 94.7 Å². The molecule has 6 nitrogen and oxygen atoms in total. The van der Waals surface area contributed by atoms with Gasteiger partial charge in [-0.2, -0.15) is 0 Å². The molecular formula is C10H18N4O2. The Morgan fingerprint density at radius 1 is 1.62 bits per heavy atom. The van der Waals surface area contributed by atoms with Gasteiger partial charge in [0, 0.05) is 25.8 Å². The van der Waals surface area contributed by atoms with Crippen molar-refractivity contribution >= 4 is 5.91 Å². The summed E-state index contributed by atoms with van der Waals surface area (Å²) in [6, 6.07) is 0. The molecule has 1 amide bonds. The van der Waals surface area contributed by atoms with Crippen LogP contribution in [0, 0.1) is 0 Å². The number of aliphatic hydroxyl groups is 1. The van der Waals surface area contributed by atoms with Crippen molar-refractivity contribution in [2.24, 2.45) is 0 Å². The fourth-order valence-corrected chi connectivity index (χ4v) is 1.25. The topological polar surface area (TPSA) is 80.0 Å². The molecule has 0 saturated heterocycles. The van der Waals surface area contributed by atoms with Gasteiger partial charge in [0.15, 0.2) is 0 Å². The number of hydrogen-bond donors (Lipinski definition) is 2. The molecule has 0 fully saturated rings. The Balaban J connectivity index is 2.31. The minimum atomic E-state index is -0.0612. The van der Waals surface area contributed by atoms with E-state index in [2.05, 4.69) is 22.6 Å². The summed E-state index contributed by atoms with van der Waals surface area (Å²) >= 11 is 0. The first-order valence-electron chi connectivity index (χ1n) is 5.52. The van der Waals surface area contributed by atoms with E-state index < -0.39 is 0 Å². The van der Waals surface area contributed by atoms with E-state index in [1.54, 1.807) is 6.20 Å². The van der Waals surface area contributed by atoms with Crippen LogP contribution in [0.1, 0.15) is 25.5 Å². The summed E-state index contributed by atoms with van der Waals surface area (Å²) in [5, 5.41) is 19.1. The molecule has 0 aliphatic heterocycles. The summed E-state index contributed by atoms with van der Waals surface area (Å²) in [5.74, 6) is -0.0612. The third-order valence-corrected chi connectivity index (χ3v) is 2.11. The highest BCUT2D eigenvalue weighted by Gasteiger charge is 2.04. The average molecular weight is 226 g/mol. The van der Waals surface area contributed by atoms with E-state index in [4.69, 9.17) is 5.11 Å². The maximum absolute atomic E-state index is 11.4. The van der Waals surface area contributed by atoms with Crippen LogP contribution in [0.5, 0.6) is 0 Å². The molecule has 6 heteroatoms. The van der Waals surface area contributed by atoms with Gasteiger partial charge >= 0.3 is 0 Å². The van der Waals surface area contributed by atoms with Crippen molar-refractivity contribution < 1.29 is 9.90 Å². The van der Waals surface area contributed by atoms with Gasteiger partial charge in [0.25, 0.3) is 0 Å². The third-order valence-electron chi connectivity index (χ3n) is 2.11. The minimum Gasteiger partial charge on any atom is -0.396 e. The number of aliphatic hydroxyl groups excluding tert-OH is 1. The van der Waals surface area contributed by atoms with Gasteiger partial charge in [-0.1, -0.05) is 18.6 Å². The maximum Gasteiger partial charge on any atom is 0.241 e. The molecule has 0 aliphatic carbocycles. The second-order valence-electron chi connectivity index (χ2n) is 3.58. The Morgan fingerprint density at radius 2 is 2.44 bits per heavy atom. The number of nitrogens with zero attached hydrogens (tertiary/aromatic N) is 3. The van der Waals surface area contributed by atoms with Gasteiger partial charge in [-0.05, 0) is 6.42 Å². The molecule has 90 valence electrons. The molecule has 0 aromatic carbocycles. The van der Waals surface area contributed by atoms with Crippen LogP contribution >= 0.6 is 0 Å². The molecule has 1 rings (SSSR count). The Hall–Kier alpha value is -1.43. The molecule has 1 aromatic rings. The lowest BCUT2D eigenvalue weighted by Gasteiger charge is -2.03. The van der Waals surface area contributed by atoms with Crippen LogP contribution in [0.25, 0.3) is 0 Å². The van der Waals surface area contributed by atoms with Crippen molar-refractivity contribution in [1.29, 1.82) is 0 Å². The van der Waals surface area contributed by atoms with Crippen LogP contribution < -0.4 is 5.32 Å². The number of rotatable bonds is 7. The van der Waals surface area contributed by atoms with Crippen molar-refractivity contribution in [2.45, 2.75) is 32.7 Å². The number of unbranched alkanes of at least 4 members (excludes halogenated alkanes) is 1. The molecular weight excluding hydrogens is 208 g/mol. The second-order valence-corrected chi connectivity index (χ2v) is 3.58. The summed E-state index contributed by atoms with van der Waals surface area (Å²) in [6.45, 7) is 3.00. The highest BCUT2D eigenvalue weighted by molar-refractivity contribution is 5.75. The predicted octanol–water partition coefficient (Wildman–Crippen LogP) is -0.271. The lowest BCUT2D eigenvalue weighted by Crippen LogP contribution is -2.28. The minimum absolute atomic E-state index is 0.0430. The van der Waals surface area contributed by atoms with Crippen LogP contribution in [0.3, 0.4) is 0 Å². The zero-order chi connectivity index (χ0) is 11.8. The number of amides is 1. The first-order chi connectivity index (χ1) is 7.76. The van der Waals surface area contributed by atoms with Crippen molar-refractivity contribution in [3.05, 3.63) is 11.9 Å². The Morgan fingerprint density at radius 3 is 3.12 bits per heavy atom. The first-order valence-corrected chi connectivity index (χ1v) is 5.52. The number of carbonyl (C=O) groups excluding carboxylic acids is 1. The summed E-state index contributed by atoms with van der Waals surface area (Å²) in [4.78, 5) is 11.4. The van der Waals surface area contributed by atoms with Crippen LogP contribution in [0.4, 0.5) is 0 Å². The number of carbonyl (C=O) groups is 1. The lowest BCUT2D eigenvalue weighted by atomic mass is 10.3. The molecule has 0 atom stereocenters. The fourth-order valence-electron chi connectivity index (χ4n) is 1.25. The number of aromatic nitrogens is 3. The summed E-state index contributed by atoms with van der Waals surface area (Å²) in [6.07, 6.45) is 4.19. The maximum atomic E-state index is 11.4. The van der Waals surface area contributed by atoms with E-state index in [-0.39, 0.29) is 19.1 Å². The predicted molar refractivity (Wildman–Crippen MR) is 58.7 cm³/mol. The van der Waals surface area contributed by atoms with Gasteiger partial charge in [0.1, 0.15) is 6.54 Å². The lowest BCUT2D eigenvalue weighted by molar-refractivity contribution is -0.121. The van der Waals surface area contributed by atoms with Crippen molar-refractivity contribution in [2.75, 3.05) is 13.2 Å². The van der Waals surface area contributed by atoms with Crippen molar-refractivity contribution in [3.8, 4) is 0 Å². The molecule has 0 unspecified atom stereocenters. The van der Waals surface area contributed by atoms with Gasteiger partial charge in [-0.25, -0.2) is 4.68 Å². The quantitative estimate of drug-likeness (QED) is 0.627. The average Bonchev–Trinajstić information content (AvgIpc) is 2.66. The van der Waals surface area contributed by atoms with E-state index in [1.165, 1.54) is 4.68 Å². The van der Waals surface area contributed by atoms with Crippen molar-refractivity contribution in [1.82, 2.24) is 20.3 Å². The van der Waals surface area contributed by atoms with Gasteiger partial charge in [0.05, 0.1) is 5.69 Å². The Bertz CT molecular complexity index is 324. The molecule has 1 aromatic heterocycles. The smallest absolute Gasteiger partial charge is 0.241 e. The monoisotopic (exact) mass is 226 g/mol. The number of nitrogens with one attached hydrogen (secondary N) is 1. The van der Waals surface area contributed by atoms with Crippen LogP contribution in [0.2, 0.25) is 0 Å². The summed E-state index contributed by atoms with van der Waals surface area (Å²) in [5.41, 5.74) is 0.698. The summed E-state index contributed by atoms with van der Waals surface area (Å²) < 4.78 is 1.48. The number of hydrogen-bond acceptors (Lipinski definition) is 4. The van der Waals surface area contributed by atoms with Gasteiger partial charge in [-0.15, -0.1) is 5.10 Å². The van der Waals surface area contributed by atoms with E-state index in [1.807, 2.05) is 0 Å². The van der Waals surface area contributed by atoms with E-state index in [0.29, 0.717) is 18.7 Å². The van der Waals surface area contributed by atoms with E-state index in [0.717, 1.165) is 12.8 Å². The highest BCUT2D eigenvalue weighted by Crippen LogP contribution is 1.93. The van der Waals surface area contributed by atoms with Crippen LogP contribution in [-0.4, -0.2) is 39.2 Å². The summed E-state index contributed by atoms with van der Waals surface area (Å²) in [7, 11) is 0. The van der Waals surface area contributed by atoms with Crippen LogP contribution in [0.15, 0.2) is 6.20 Å². The standard InChI is InChI=1S/C10H18N4O2/c1-2-3-5-11-10(16)8-14-7-9(4-6-15)12-13-14/h7,15H,2-6,8H2,1H3,(H,11,16). The second kappa shape index (κ2) is 6.95. The van der Waals surface area contributed by atoms with Gasteiger partial charge < -0.3 is 10.4 Å². The largest absolute Gasteiger partial charge is 0.396 e. The molecule has 0 radical (unpaired) electrons. The van der Waals surface area contributed by atoms with Crippen molar-refractivity contribution in [3.63, 3.8) is 0 Å². The SMILES string of the molecule is CCCCNC(=O)Cn1cc(CCO)nn1. The molecule has 0 bridgehead atoms. The van der Waals surface area contributed by atoms with Crippen LogP contribution in [-0.2, 0) is 17.8 Å². The molecule has 0 spiro atoms. The molecule has 0 aliphatic rings. The molecule has 16 heavy (non-hydrogen) atoms. The van der Waals surface area contributed by atoms with Gasteiger partial charge in [-0.3, -0.25) is 4.79 Å². The normalized spacial score (nSPS) is 10.4. The van der Waals surface area contributed by atoms with Gasteiger partial charge in [0.2, 0.25) is 5.91 Å². The third kappa shape index (κ3) is 4.39. The highest BCUT2D eigenvalue weighted by atomic mass is 16.3. The first kappa shape index (κ1) is 12.6.